The number of halogens is 1. The average Bonchev–Trinajstić information content (AvgIpc) is 3.46. The van der Waals surface area contributed by atoms with Crippen LogP contribution in [-0.4, -0.2) is 50.0 Å². The van der Waals surface area contributed by atoms with Gasteiger partial charge in [-0.2, -0.15) is 0 Å². The molecule has 1 heterocycles. The van der Waals surface area contributed by atoms with Crippen LogP contribution in [0.5, 0.6) is 0 Å². The Labute approximate surface area is 186 Å². The van der Waals surface area contributed by atoms with E-state index in [2.05, 4.69) is 58.6 Å². The molecule has 1 amide bonds. The molecule has 2 atom stereocenters. The van der Waals surface area contributed by atoms with E-state index in [0.717, 1.165) is 31.9 Å². The third kappa shape index (κ3) is 5.84. The fraction of sp³-hybridized carbons (Fsp3) is 0.636. The Balaban J connectivity index is 0.00000280. The van der Waals surface area contributed by atoms with Crippen molar-refractivity contribution in [3.63, 3.8) is 0 Å². The number of aliphatic imine (C=N–C) groups is 1. The molecule has 0 radical (unpaired) electrons. The van der Waals surface area contributed by atoms with Gasteiger partial charge in [0.1, 0.15) is 0 Å². The second-order valence-electron chi connectivity index (χ2n) is 8.27. The van der Waals surface area contributed by atoms with Crippen LogP contribution in [0, 0.1) is 5.92 Å². The zero-order valence-electron chi connectivity index (χ0n) is 17.6. The highest BCUT2D eigenvalue weighted by Gasteiger charge is 2.39. The Morgan fingerprint density at radius 2 is 1.86 bits per heavy atom. The number of piperidine rings is 1. The summed E-state index contributed by atoms with van der Waals surface area (Å²) in [6, 6.07) is 9.59. The number of benzene rings is 1. The highest BCUT2D eigenvalue weighted by Crippen LogP contribution is 2.41. The summed E-state index contributed by atoms with van der Waals surface area (Å²) in [5.41, 5.74) is 2.83. The van der Waals surface area contributed by atoms with Crippen molar-refractivity contribution < 1.29 is 4.79 Å². The number of hydrogen-bond donors (Lipinski definition) is 2. The Morgan fingerprint density at radius 1 is 1.21 bits per heavy atom. The number of likely N-dealkylation sites (tertiary alicyclic amines) is 1. The van der Waals surface area contributed by atoms with Crippen molar-refractivity contribution in [3.05, 3.63) is 35.4 Å². The van der Waals surface area contributed by atoms with Crippen molar-refractivity contribution in [2.75, 3.05) is 27.2 Å². The van der Waals surface area contributed by atoms with Gasteiger partial charge in [-0.3, -0.25) is 9.79 Å². The molecule has 3 rings (SSSR count). The minimum atomic E-state index is 0. The first kappa shape index (κ1) is 23.0. The van der Waals surface area contributed by atoms with Crippen LogP contribution in [0.2, 0.25) is 0 Å². The van der Waals surface area contributed by atoms with Crippen LogP contribution in [-0.2, 0) is 4.79 Å². The lowest BCUT2D eigenvalue weighted by Crippen LogP contribution is -2.46. The Morgan fingerprint density at radius 3 is 2.39 bits per heavy atom. The topological polar surface area (TPSA) is 56.7 Å². The molecule has 0 bridgehead atoms. The average molecular weight is 498 g/mol. The van der Waals surface area contributed by atoms with Gasteiger partial charge in [-0.25, -0.2) is 0 Å². The van der Waals surface area contributed by atoms with Gasteiger partial charge in [0.15, 0.2) is 5.96 Å². The summed E-state index contributed by atoms with van der Waals surface area (Å²) in [6.07, 6.45) is 3.93. The lowest BCUT2D eigenvalue weighted by atomic mass is 9.93. The van der Waals surface area contributed by atoms with E-state index in [1.807, 2.05) is 7.05 Å². The molecule has 28 heavy (non-hydrogen) atoms. The Bertz CT molecular complexity index is 666. The molecular weight excluding hydrogens is 463 g/mol. The van der Waals surface area contributed by atoms with Crippen LogP contribution in [0.25, 0.3) is 0 Å². The number of carbonyl (C=O) groups is 1. The van der Waals surface area contributed by atoms with E-state index in [1.165, 1.54) is 17.5 Å². The Hall–Kier alpha value is -1.31. The lowest BCUT2D eigenvalue weighted by molar-refractivity contribution is -0.121. The molecule has 1 aromatic carbocycles. The highest BCUT2D eigenvalue weighted by atomic mass is 127. The first-order chi connectivity index (χ1) is 13.0. The molecule has 2 fully saturated rings. The van der Waals surface area contributed by atoms with E-state index in [0.29, 0.717) is 30.2 Å². The van der Waals surface area contributed by atoms with Gasteiger partial charge in [-0.1, -0.05) is 38.1 Å². The predicted molar refractivity (Wildman–Crippen MR) is 127 cm³/mol. The van der Waals surface area contributed by atoms with Crippen molar-refractivity contribution in [3.8, 4) is 0 Å². The molecule has 1 saturated carbocycles. The molecule has 6 heteroatoms. The second-order valence-corrected chi connectivity index (χ2v) is 8.27. The molecular formula is C22H35IN4O. The van der Waals surface area contributed by atoms with Gasteiger partial charge in [-0.05, 0) is 42.2 Å². The van der Waals surface area contributed by atoms with Crippen LogP contribution in [0.1, 0.15) is 62.5 Å². The van der Waals surface area contributed by atoms with Gasteiger partial charge in [0.25, 0.3) is 0 Å². The third-order valence-corrected chi connectivity index (χ3v) is 6.01. The van der Waals surface area contributed by atoms with Gasteiger partial charge in [-0.15, -0.1) is 24.0 Å². The largest absolute Gasteiger partial charge is 0.359 e. The van der Waals surface area contributed by atoms with E-state index in [9.17, 15) is 4.79 Å². The number of guanidine groups is 1. The van der Waals surface area contributed by atoms with E-state index in [1.54, 1.807) is 7.05 Å². The van der Waals surface area contributed by atoms with E-state index in [4.69, 9.17) is 0 Å². The third-order valence-electron chi connectivity index (χ3n) is 6.01. The van der Waals surface area contributed by atoms with Gasteiger partial charge in [0.2, 0.25) is 5.91 Å². The summed E-state index contributed by atoms with van der Waals surface area (Å²) in [6.45, 7) is 6.42. The quantitative estimate of drug-likeness (QED) is 0.370. The minimum Gasteiger partial charge on any atom is -0.359 e. The molecule has 1 aromatic rings. The fourth-order valence-corrected chi connectivity index (χ4v) is 4.03. The molecule has 156 valence electrons. The Kier molecular flexibility index (Phi) is 8.58. The van der Waals surface area contributed by atoms with Crippen LogP contribution >= 0.6 is 24.0 Å². The number of nitrogens with zero attached hydrogens (tertiary/aromatic N) is 2. The van der Waals surface area contributed by atoms with E-state index < -0.39 is 0 Å². The van der Waals surface area contributed by atoms with Gasteiger partial charge in [0.05, 0.1) is 0 Å². The summed E-state index contributed by atoms with van der Waals surface area (Å²) in [5, 5.41) is 6.39. The first-order valence-corrected chi connectivity index (χ1v) is 10.3. The number of amides is 1. The van der Waals surface area contributed by atoms with Gasteiger partial charge < -0.3 is 15.5 Å². The predicted octanol–water partition coefficient (Wildman–Crippen LogP) is 3.71. The monoisotopic (exact) mass is 498 g/mol. The summed E-state index contributed by atoms with van der Waals surface area (Å²) in [4.78, 5) is 18.4. The molecule has 2 aliphatic rings. The molecule has 2 unspecified atom stereocenters. The summed E-state index contributed by atoms with van der Waals surface area (Å²) < 4.78 is 0. The van der Waals surface area contributed by atoms with Crippen molar-refractivity contribution in [2.24, 2.45) is 10.9 Å². The van der Waals surface area contributed by atoms with Crippen LogP contribution < -0.4 is 10.6 Å². The highest BCUT2D eigenvalue weighted by molar-refractivity contribution is 14.0. The van der Waals surface area contributed by atoms with E-state index >= 15 is 0 Å². The van der Waals surface area contributed by atoms with E-state index in [-0.39, 0.29) is 29.9 Å². The lowest BCUT2D eigenvalue weighted by Gasteiger charge is -2.34. The van der Waals surface area contributed by atoms with Crippen LogP contribution in [0.15, 0.2) is 29.3 Å². The summed E-state index contributed by atoms with van der Waals surface area (Å²) in [7, 11) is 3.58. The molecule has 2 N–H and O–H groups in total. The SMILES string of the molecule is CN=C(NC1CC1c1ccc(C(C)C)cc1)N1CCC(CC(=O)NC)CC1.I. The smallest absolute Gasteiger partial charge is 0.220 e. The second kappa shape index (κ2) is 10.5. The van der Waals surface area contributed by atoms with Gasteiger partial charge in [0, 0.05) is 45.6 Å². The molecule has 1 aliphatic carbocycles. The summed E-state index contributed by atoms with van der Waals surface area (Å²) in [5.74, 6) is 2.83. The maximum absolute atomic E-state index is 11.6. The molecule has 5 nitrogen and oxygen atoms in total. The number of hydrogen-bond acceptors (Lipinski definition) is 2. The molecule has 0 aromatic heterocycles. The normalized spacial score (nSPS) is 22.6. The zero-order chi connectivity index (χ0) is 19.4. The molecule has 0 spiro atoms. The fourth-order valence-electron chi connectivity index (χ4n) is 4.03. The number of carbonyl (C=O) groups excluding carboxylic acids is 1. The summed E-state index contributed by atoms with van der Waals surface area (Å²) >= 11 is 0. The minimum absolute atomic E-state index is 0. The standard InChI is InChI=1S/C22H34N4O.HI/c1-15(2)17-5-7-18(8-6-17)19-14-20(19)25-22(24-4)26-11-9-16(10-12-26)13-21(27)23-3;/h5-8,15-16,19-20H,9-14H2,1-4H3,(H,23,27)(H,24,25);1H. The van der Waals surface area contributed by atoms with Crippen LogP contribution in [0.4, 0.5) is 0 Å². The van der Waals surface area contributed by atoms with Crippen LogP contribution in [0.3, 0.4) is 0 Å². The number of nitrogens with one attached hydrogen (secondary N) is 2. The number of rotatable bonds is 5. The maximum Gasteiger partial charge on any atom is 0.220 e. The molecule has 1 saturated heterocycles. The first-order valence-electron chi connectivity index (χ1n) is 10.3. The van der Waals surface area contributed by atoms with Gasteiger partial charge >= 0.3 is 0 Å². The maximum atomic E-state index is 11.6. The van der Waals surface area contributed by atoms with Crippen molar-refractivity contribution in [1.29, 1.82) is 0 Å². The van der Waals surface area contributed by atoms with Crippen molar-refractivity contribution in [2.45, 2.75) is 57.4 Å². The molecule has 1 aliphatic heterocycles. The van der Waals surface area contributed by atoms with Crippen molar-refractivity contribution >= 4 is 35.8 Å². The zero-order valence-corrected chi connectivity index (χ0v) is 19.9. The van der Waals surface area contributed by atoms with Crippen molar-refractivity contribution in [1.82, 2.24) is 15.5 Å².